The van der Waals surface area contributed by atoms with Crippen LogP contribution in [-0.2, 0) is 13.1 Å². The second kappa shape index (κ2) is 13.0. The van der Waals surface area contributed by atoms with Crippen LogP contribution >= 0.6 is 22.9 Å². The van der Waals surface area contributed by atoms with E-state index in [1.165, 1.54) is 54.8 Å². The smallest absolute Gasteiger partial charge is 0.266 e. The van der Waals surface area contributed by atoms with E-state index in [1.807, 2.05) is 35.2 Å². The summed E-state index contributed by atoms with van der Waals surface area (Å²) in [5, 5.41) is 1.49. The molecule has 0 saturated carbocycles. The fourth-order valence-corrected chi connectivity index (χ4v) is 7.66. The van der Waals surface area contributed by atoms with Crippen molar-refractivity contribution in [2.75, 3.05) is 19.6 Å². The molecule has 1 aliphatic rings. The number of amides is 1. The molecule has 0 bridgehead atoms. The number of carbonyl (C=O) groups excluding carboxylic acids is 1. The molecule has 7 heteroatoms. The van der Waals surface area contributed by atoms with Crippen molar-refractivity contribution >= 4 is 50.0 Å². The minimum absolute atomic E-state index is 0.0220. The molecule has 1 aliphatic heterocycles. The number of piperidine rings is 1. The van der Waals surface area contributed by atoms with Gasteiger partial charge < -0.3 is 9.47 Å². The van der Waals surface area contributed by atoms with Crippen molar-refractivity contribution in [3.05, 3.63) is 99.6 Å². The quantitative estimate of drug-likeness (QED) is 0.161. The van der Waals surface area contributed by atoms with Gasteiger partial charge in [-0.2, -0.15) is 0 Å². The van der Waals surface area contributed by atoms with Gasteiger partial charge in [0.25, 0.3) is 5.91 Å². The number of nitrogens with zero attached hydrogens (tertiary/aromatic N) is 4. The maximum atomic E-state index is 14.2. The number of carbonyl (C=O) groups is 1. The van der Waals surface area contributed by atoms with Crippen LogP contribution in [0.1, 0.15) is 78.6 Å². The molecule has 218 valence electrons. The molecular formula is C35H39ClN4OS. The molecule has 0 radical (unpaired) electrons. The van der Waals surface area contributed by atoms with Gasteiger partial charge >= 0.3 is 0 Å². The molecule has 6 rings (SSSR count). The molecule has 0 aliphatic carbocycles. The number of likely N-dealkylation sites (tertiary alicyclic amines) is 1. The lowest BCUT2D eigenvalue weighted by atomic mass is 10.0. The number of unbranched alkanes of at least 4 members (excludes halogenated alkanes) is 1. The van der Waals surface area contributed by atoms with Crippen molar-refractivity contribution in [1.29, 1.82) is 0 Å². The number of halogens is 1. The van der Waals surface area contributed by atoms with E-state index >= 15 is 0 Å². The fraction of sp³-hybridized carbons (Fsp3) is 0.371. The molecule has 5 aromatic rings. The van der Waals surface area contributed by atoms with E-state index in [2.05, 4.69) is 65.8 Å². The Hall–Kier alpha value is -3.19. The largest absolute Gasteiger partial charge is 0.328 e. The number of aromatic nitrogens is 2. The van der Waals surface area contributed by atoms with E-state index in [-0.39, 0.29) is 11.9 Å². The van der Waals surface area contributed by atoms with E-state index in [1.54, 1.807) is 0 Å². The summed E-state index contributed by atoms with van der Waals surface area (Å²) < 4.78 is 3.36. The van der Waals surface area contributed by atoms with Crippen molar-refractivity contribution in [1.82, 2.24) is 19.4 Å². The van der Waals surface area contributed by atoms with Crippen LogP contribution in [0.2, 0.25) is 5.02 Å². The first-order valence-corrected chi connectivity index (χ1v) is 16.5. The van der Waals surface area contributed by atoms with Gasteiger partial charge in [0.05, 0.1) is 22.1 Å². The van der Waals surface area contributed by atoms with E-state index in [4.69, 9.17) is 16.6 Å². The lowest BCUT2D eigenvalue weighted by Crippen LogP contribution is -2.35. The van der Waals surface area contributed by atoms with Gasteiger partial charge in [0.2, 0.25) is 0 Å². The summed E-state index contributed by atoms with van der Waals surface area (Å²) in [4.78, 5) is 24.6. The Morgan fingerprint density at radius 3 is 2.40 bits per heavy atom. The summed E-state index contributed by atoms with van der Waals surface area (Å²) in [6, 6.07) is 24.9. The third kappa shape index (κ3) is 5.85. The minimum atomic E-state index is -0.230. The molecule has 0 N–H and O–H groups in total. The number of benzene rings is 3. The van der Waals surface area contributed by atoms with Crippen LogP contribution in [0.3, 0.4) is 0 Å². The number of hydrogen-bond acceptors (Lipinski definition) is 4. The van der Waals surface area contributed by atoms with Crippen LogP contribution in [0.4, 0.5) is 0 Å². The highest BCUT2D eigenvalue weighted by atomic mass is 35.5. The van der Waals surface area contributed by atoms with Gasteiger partial charge in [0.15, 0.2) is 0 Å². The summed E-state index contributed by atoms with van der Waals surface area (Å²) in [6.45, 7) is 8.94. The SMILES string of the molecule is CCCCN(C(=O)c1sc2ccccc2c1Cl)C(C)c1nc2ccccc2n1Cc1ccccc1CN1CCCCC1. The van der Waals surface area contributed by atoms with Crippen LogP contribution in [0.25, 0.3) is 21.1 Å². The Morgan fingerprint density at radius 1 is 0.952 bits per heavy atom. The summed E-state index contributed by atoms with van der Waals surface area (Å²) in [5.74, 6) is 0.886. The first kappa shape index (κ1) is 28.9. The Morgan fingerprint density at radius 2 is 1.64 bits per heavy atom. The van der Waals surface area contributed by atoms with Crippen LogP contribution < -0.4 is 0 Å². The molecule has 5 nitrogen and oxygen atoms in total. The predicted octanol–water partition coefficient (Wildman–Crippen LogP) is 8.94. The zero-order valence-corrected chi connectivity index (χ0v) is 26.1. The van der Waals surface area contributed by atoms with E-state index in [9.17, 15) is 4.79 Å². The van der Waals surface area contributed by atoms with Gasteiger partial charge in [-0.1, -0.05) is 86.0 Å². The van der Waals surface area contributed by atoms with Gasteiger partial charge in [0.1, 0.15) is 10.7 Å². The zero-order valence-electron chi connectivity index (χ0n) is 24.6. The number of imidazole rings is 1. The number of thiophene rings is 1. The van der Waals surface area contributed by atoms with E-state index in [0.29, 0.717) is 23.0 Å². The molecule has 3 aromatic carbocycles. The number of hydrogen-bond donors (Lipinski definition) is 0. The van der Waals surface area contributed by atoms with Crippen molar-refractivity contribution in [3.63, 3.8) is 0 Å². The van der Waals surface area contributed by atoms with Gasteiger partial charge in [-0.05, 0) is 68.6 Å². The van der Waals surface area contributed by atoms with Crippen LogP contribution in [0.15, 0.2) is 72.8 Å². The third-order valence-electron chi connectivity index (χ3n) is 8.56. The van der Waals surface area contributed by atoms with Crippen LogP contribution in [-0.4, -0.2) is 44.9 Å². The summed E-state index contributed by atoms with van der Waals surface area (Å²) in [7, 11) is 0. The molecule has 0 spiro atoms. The summed E-state index contributed by atoms with van der Waals surface area (Å²) in [6.07, 6.45) is 5.80. The standard InChI is InChI=1S/C35H39ClN4OS/c1-3-4-22-39(35(41)33-32(36)28-16-8-11-19-31(28)42-33)25(2)34-37-29-17-9-10-18-30(29)40(34)24-27-15-7-6-14-26(27)23-38-20-12-5-13-21-38/h6-11,14-19,25H,3-5,12-13,20-24H2,1-2H3. The van der Waals surface area contributed by atoms with Crippen molar-refractivity contribution in [2.45, 2.75) is 65.1 Å². The zero-order chi connectivity index (χ0) is 29.1. The van der Waals surface area contributed by atoms with Gasteiger partial charge in [-0.25, -0.2) is 4.98 Å². The minimum Gasteiger partial charge on any atom is -0.328 e. The van der Waals surface area contributed by atoms with Crippen molar-refractivity contribution in [3.8, 4) is 0 Å². The summed E-state index contributed by atoms with van der Waals surface area (Å²) in [5.41, 5.74) is 4.72. The van der Waals surface area contributed by atoms with Crippen LogP contribution in [0.5, 0.6) is 0 Å². The first-order valence-electron chi connectivity index (χ1n) is 15.3. The molecule has 3 heterocycles. The first-order chi connectivity index (χ1) is 20.5. The Kier molecular flexibility index (Phi) is 8.94. The second-order valence-electron chi connectivity index (χ2n) is 11.4. The number of para-hydroxylation sites is 2. The van der Waals surface area contributed by atoms with E-state index in [0.717, 1.165) is 46.3 Å². The lowest BCUT2D eigenvalue weighted by Gasteiger charge is -2.30. The van der Waals surface area contributed by atoms with Crippen LogP contribution in [0, 0.1) is 0 Å². The number of fused-ring (bicyclic) bond motifs is 2. The van der Waals surface area contributed by atoms with Gasteiger partial charge in [-0.15, -0.1) is 11.3 Å². The predicted molar refractivity (Wildman–Crippen MR) is 176 cm³/mol. The summed E-state index contributed by atoms with van der Waals surface area (Å²) >= 11 is 8.30. The highest BCUT2D eigenvalue weighted by Crippen LogP contribution is 2.37. The Balaban J connectivity index is 1.38. The van der Waals surface area contributed by atoms with Crippen molar-refractivity contribution < 1.29 is 4.79 Å². The molecule has 1 amide bonds. The highest BCUT2D eigenvalue weighted by Gasteiger charge is 2.30. The maximum absolute atomic E-state index is 14.2. The monoisotopic (exact) mass is 598 g/mol. The molecule has 1 atom stereocenters. The molecule has 1 saturated heterocycles. The average Bonchev–Trinajstić information content (AvgIpc) is 3.56. The molecule has 42 heavy (non-hydrogen) atoms. The van der Waals surface area contributed by atoms with Gasteiger partial charge in [0, 0.05) is 29.7 Å². The Bertz CT molecular complexity index is 1690. The molecule has 1 fully saturated rings. The third-order valence-corrected chi connectivity index (χ3v) is 10.2. The maximum Gasteiger partial charge on any atom is 0.266 e. The fourth-order valence-electron chi connectivity index (χ4n) is 6.19. The normalized spacial score (nSPS) is 14.9. The number of rotatable bonds is 10. The second-order valence-corrected chi connectivity index (χ2v) is 12.8. The van der Waals surface area contributed by atoms with E-state index < -0.39 is 0 Å². The molecule has 2 aromatic heterocycles. The molecule has 1 unspecified atom stereocenters. The van der Waals surface area contributed by atoms with Gasteiger partial charge in [-0.3, -0.25) is 9.69 Å². The average molecular weight is 599 g/mol. The van der Waals surface area contributed by atoms with Crippen molar-refractivity contribution in [2.24, 2.45) is 0 Å². The Labute approximate surface area is 257 Å². The molecular weight excluding hydrogens is 560 g/mol. The lowest BCUT2D eigenvalue weighted by molar-refractivity contribution is 0.0683. The topological polar surface area (TPSA) is 41.4 Å². The highest BCUT2D eigenvalue weighted by molar-refractivity contribution is 7.21.